The Labute approximate surface area is 133 Å². The van der Waals surface area contributed by atoms with Crippen LogP contribution < -0.4 is 0 Å². The van der Waals surface area contributed by atoms with Crippen LogP contribution in [0.3, 0.4) is 0 Å². The van der Waals surface area contributed by atoms with E-state index in [0.29, 0.717) is 17.7 Å². The molecule has 0 atom stereocenters. The number of Topliss-reactive ketones (excluding diaryl/α,β-unsaturated/α-hetero) is 2. The Balaban J connectivity index is 2.26. The topological polar surface area (TPSA) is 79.6 Å². The number of aliphatic hydroxyl groups is 1. The number of ketones is 2. The molecule has 23 heavy (non-hydrogen) atoms. The number of hydrogen-bond donors (Lipinski definition) is 1. The number of hydrogen-bond acceptors (Lipinski definition) is 5. The SMILES string of the molecule is CCN=C(C1=C(O)c2ccccc2C(=O)C1=O)c1cccnc1. The molecule has 1 aromatic heterocycles. The second kappa shape index (κ2) is 5.96. The number of aromatic nitrogens is 1. The Hall–Kier alpha value is -3.08. The first-order valence-corrected chi connectivity index (χ1v) is 7.22. The number of aliphatic imine (C=N–C) groups is 1. The second-order valence-electron chi connectivity index (χ2n) is 4.99. The highest BCUT2D eigenvalue weighted by Gasteiger charge is 2.35. The van der Waals surface area contributed by atoms with Gasteiger partial charge in [0.1, 0.15) is 5.76 Å². The molecule has 5 nitrogen and oxygen atoms in total. The highest BCUT2D eigenvalue weighted by molar-refractivity contribution is 6.59. The van der Waals surface area contributed by atoms with E-state index in [1.165, 1.54) is 6.07 Å². The van der Waals surface area contributed by atoms with Crippen molar-refractivity contribution >= 4 is 23.0 Å². The first-order valence-electron chi connectivity index (χ1n) is 7.22. The molecule has 0 saturated heterocycles. The minimum atomic E-state index is -0.753. The summed E-state index contributed by atoms with van der Waals surface area (Å²) in [7, 11) is 0. The number of rotatable bonds is 3. The lowest BCUT2D eigenvalue weighted by atomic mass is 9.85. The third-order valence-corrected chi connectivity index (χ3v) is 3.58. The summed E-state index contributed by atoms with van der Waals surface area (Å²) in [5.74, 6) is -1.61. The maximum Gasteiger partial charge on any atom is 0.239 e. The van der Waals surface area contributed by atoms with Gasteiger partial charge in [0.2, 0.25) is 11.6 Å². The van der Waals surface area contributed by atoms with Crippen LogP contribution in [0, 0.1) is 0 Å². The quantitative estimate of drug-likeness (QED) is 0.698. The van der Waals surface area contributed by atoms with Gasteiger partial charge in [-0.2, -0.15) is 0 Å². The molecule has 0 spiro atoms. The molecule has 1 heterocycles. The number of nitrogens with zero attached hydrogens (tertiary/aromatic N) is 2. The summed E-state index contributed by atoms with van der Waals surface area (Å²) in [5, 5.41) is 10.6. The Morgan fingerprint density at radius 1 is 1.09 bits per heavy atom. The molecule has 2 aromatic rings. The number of allylic oxidation sites excluding steroid dienone is 1. The van der Waals surface area contributed by atoms with Gasteiger partial charge in [-0.15, -0.1) is 0 Å². The Bertz CT molecular complexity index is 852. The number of fused-ring (bicyclic) bond motifs is 1. The number of aliphatic hydroxyl groups excluding tert-OH is 1. The van der Waals surface area contributed by atoms with E-state index in [0.717, 1.165) is 0 Å². The van der Waals surface area contributed by atoms with Gasteiger partial charge >= 0.3 is 0 Å². The van der Waals surface area contributed by atoms with Crippen LogP contribution in [-0.4, -0.2) is 33.9 Å². The van der Waals surface area contributed by atoms with E-state index >= 15 is 0 Å². The van der Waals surface area contributed by atoms with Gasteiger partial charge < -0.3 is 5.11 Å². The Kier molecular flexibility index (Phi) is 3.85. The molecule has 5 heteroatoms. The second-order valence-corrected chi connectivity index (χ2v) is 4.99. The molecule has 1 N–H and O–H groups in total. The first kappa shape index (κ1) is 14.8. The molecule has 114 valence electrons. The summed E-state index contributed by atoms with van der Waals surface area (Å²) in [6, 6.07) is 9.95. The maximum absolute atomic E-state index is 12.5. The van der Waals surface area contributed by atoms with E-state index in [1.807, 2.05) is 6.92 Å². The normalized spacial score (nSPS) is 14.9. The van der Waals surface area contributed by atoms with Crippen molar-refractivity contribution in [3.63, 3.8) is 0 Å². The molecule has 0 radical (unpaired) electrons. The van der Waals surface area contributed by atoms with Crippen LogP contribution in [0.2, 0.25) is 0 Å². The molecule has 1 aromatic carbocycles. The smallest absolute Gasteiger partial charge is 0.239 e. The molecular weight excluding hydrogens is 292 g/mol. The van der Waals surface area contributed by atoms with E-state index in [9.17, 15) is 14.7 Å². The summed E-state index contributed by atoms with van der Waals surface area (Å²) in [6.07, 6.45) is 3.15. The van der Waals surface area contributed by atoms with Gasteiger partial charge in [0.15, 0.2) is 0 Å². The van der Waals surface area contributed by atoms with Crippen molar-refractivity contribution in [3.05, 3.63) is 71.1 Å². The lowest BCUT2D eigenvalue weighted by Gasteiger charge is -2.19. The first-order chi connectivity index (χ1) is 11.1. The van der Waals surface area contributed by atoms with Gasteiger partial charge in [-0.1, -0.05) is 24.3 Å². The van der Waals surface area contributed by atoms with Gasteiger partial charge in [0.05, 0.1) is 11.3 Å². The van der Waals surface area contributed by atoms with Crippen molar-refractivity contribution in [2.24, 2.45) is 4.99 Å². The lowest BCUT2D eigenvalue weighted by molar-refractivity contribution is -0.111. The molecule has 1 aliphatic rings. The van der Waals surface area contributed by atoms with Crippen LogP contribution in [0.5, 0.6) is 0 Å². The fourth-order valence-electron chi connectivity index (χ4n) is 2.56. The minimum Gasteiger partial charge on any atom is -0.506 e. The summed E-state index contributed by atoms with van der Waals surface area (Å²) < 4.78 is 0. The highest BCUT2D eigenvalue weighted by atomic mass is 16.3. The number of carbonyl (C=O) groups excluding carboxylic acids is 2. The minimum absolute atomic E-state index is 0.0662. The third-order valence-electron chi connectivity index (χ3n) is 3.58. The lowest BCUT2D eigenvalue weighted by Crippen LogP contribution is -2.29. The molecule has 0 unspecified atom stereocenters. The average molecular weight is 306 g/mol. The zero-order chi connectivity index (χ0) is 16.4. The van der Waals surface area contributed by atoms with Crippen LogP contribution in [0.4, 0.5) is 0 Å². The zero-order valence-corrected chi connectivity index (χ0v) is 12.5. The highest BCUT2D eigenvalue weighted by Crippen LogP contribution is 2.29. The van der Waals surface area contributed by atoms with Gasteiger partial charge in [0, 0.05) is 35.6 Å². The van der Waals surface area contributed by atoms with Crippen molar-refractivity contribution in [1.29, 1.82) is 0 Å². The molecule has 1 aliphatic carbocycles. The van der Waals surface area contributed by atoms with Crippen molar-refractivity contribution < 1.29 is 14.7 Å². The fourth-order valence-corrected chi connectivity index (χ4v) is 2.56. The Morgan fingerprint density at radius 3 is 2.48 bits per heavy atom. The molecule has 0 bridgehead atoms. The number of pyridine rings is 1. The van der Waals surface area contributed by atoms with Gasteiger partial charge in [0.25, 0.3) is 0 Å². The van der Waals surface area contributed by atoms with E-state index in [2.05, 4.69) is 9.98 Å². The summed E-state index contributed by atoms with van der Waals surface area (Å²) >= 11 is 0. The molecule has 0 aliphatic heterocycles. The third kappa shape index (κ3) is 2.46. The van der Waals surface area contributed by atoms with Crippen molar-refractivity contribution in [3.8, 4) is 0 Å². The average Bonchev–Trinajstić information content (AvgIpc) is 2.60. The summed E-state index contributed by atoms with van der Waals surface area (Å²) in [4.78, 5) is 33.2. The van der Waals surface area contributed by atoms with Crippen molar-refractivity contribution in [1.82, 2.24) is 4.98 Å². The van der Waals surface area contributed by atoms with Gasteiger partial charge in [-0.25, -0.2) is 0 Å². The number of carbonyl (C=O) groups is 2. The molecular formula is C18H14N2O3. The summed E-state index contributed by atoms with van der Waals surface area (Å²) in [5.41, 5.74) is 1.35. The molecule has 0 amide bonds. The predicted molar refractivity (Wildman–Crippen MR) is 86.6 cm³/mol. The standard InChI is InChI=1S/C18H14N2O3/c1-2-20-15(11-6-5-9-19-10-11)14-16(21)12-7-3-4-8-13(12)17(22)18(14)23/h3-10,21H,2H2,1H3. The van der Waals surface area contributed by atoms with Crippen molar-refractivity contribution in [2.45, 2.75) is 6.92 Å². The van der Waals surface area contributed by atoms with E-state index in [1.54, 1.807) is 42.7 Å². The van der Waals surface area contributed by atoms with E-state index < -0.39 is 11.6 Å². The summed E-state index contributed by atoms with van der Waals surface area (Å²) in [6.45, 7) is 2.22. The largest absolute Gasteiger partial charge is 0.506 e. The zero-order valence-electron chi connectivity index (χ0n) is 12.5. The van der Waals surface area contributed by atoms with E-state index in [-0.39, 0.29) is 22.6 Å². The van der Waals surface area contributed by atoms with Gasteiger partial charge in [-0.05, 0) is 19.1 Å². The van der Waals surface area contributed by atoms with Crippen LogP contribution in [-0.2, 0) is 4.79 Å². The van der Waals surface area contributed by atoms with Gasteiger partial charge in [-0.3, -0.25) is 19.6 Å². The predicted octanol–water partition coefficient (Wildman–Crippen LogP) is 2.63. The van der Waals surface area contributed by atoms with Crippen LogP contribution in [0.25, 0.3) is 5.76 Å². The number of benzene rings is 1. The van der Waals surface area contributed by atoms with E-state index in [4.69, 9.17) is 0 Å². The molecule has 0 fully saturated rings. The fraction of sp³-hybridized carbons (Fsp3) is 0.111. The monoisotopic (exact) mass is 306 g/mol. The van der Waals surface area contributed by atoms with Crippen molar-refractivity contribution in [2.75, 3.05) is 6.54 Å². The van der Waals surface area contributed by atoms with Crippen LogP contribution in [0.1, 0.15) is 28.4 Å². The molecule has 0 saturated carbocycles. The Morgan fingerprint density at radius 2 is 1.83 bits per heavy atom. The molecule has 3 rings (SSSR count). The maximum atomic E-state index is 12.5. The van der Waals surface area contributed by atoms with Crippen LogP contribution >= 0.6 is 0 Å². The van der Waals surface area contributed by atoms with Crippen LogP contribution in [0.15, 0.2) is 59.4 Å².